The summed E-state index contributed by atoms with van der Waals surface area (Å²) in [4.78, 5) is 10.9. The summed E-state index contributed by atoms with van der Waals surface area (Å²) in [6, 6.07) is 12.7. The van der Waals surface area contributed by atoms with E-state index >= 15 is 0 Å². The molecule has 0 saturated carbocycles. The molecule has 0 spiro atoms. The first-order chi connectivity index (χ1) is 16.9. The molecule has 1 aliphatic heterocycles. The monoisotopic (exact) mass is 514 g/mol. The summed E-state index contributed by atoms with van der Waals surface area (Å²) in [5.74, 6) is 1.22. The lowest BCUT2D eigenvalue weighted by molar-refractivity contribution is 0.122. The number of H-pyrrole nitrogens is 1. The number of morpholine rings is 1. The van der Waals surface area contributed by atoms with Crippen LogP contribution in [0.5, 0.6) is 0 Å². The topological polar surface area (TPSA) is 151 Å². The summed E-state index contributed by atoms with van der Waals surface area (Å²) in [6.45, 7) is 2.97. The number of aromatic nitrogens is 4. The third-order valence-electron chi connectivity index (χ3n) is 5.48. The van der Waals surface area contributed by atoms with E-state index in [0.29, 0.717) is 36.2 Å². The number of primary sulfonamides is 1. The third kappa shape index (κ3) is 5.46. The number of benzene rings is 2. The van der Waals surface area contributed by atoms with Crippen LogP contribution < -0.4 is 20.7 Å². The summed E-state index contributed by atoms with van der Waals surface area (Å²) < 4.78 is 28.6. The Bertz CT molecular complexity index is 1470. The lowest BCUT2D eigenvalue weighted by atomic mass is 10.2. The highest BCUT2D eigenvalue weighted by Crippen LogP contribution is 2.30. The van der Waals surface area contributed by atoms with Gasteiger partial charge in [-0.1, -0.05) is 29.8 Å². The minimum atomic E-state index is -3.71. The van der Waals surface area contributed by atoms with Crippen molar-refractivity contribution < 1.29 is 13.2 Å². The molecule has 0 unspecified atom stereocenters. The Balaban J connectivity index is 1.37. The molecule has 182 valence electrons. The van der Waals surface area contributed by atoms with E-state index in [1.165, 1.54) is 6.20 Å². The SMILES string of the molecule is NS(=O)(=O)Cc1ccccc1Nc1nc(Nc2ccc3c(N4CCOCC4)n[nH]c3c2)ncc1Cl. The van der Waals surface area contributed by atoms with Gasteiger partial charge in [0.1, 0.15) is 5.02 Å². The van der Waals surface area contributed by atoms with E-state index in [9.17, 15) is 8.42 Å². The molecule has 35 heavy (non-hydrogen) atoms. The number of nitrogens with one attached hydrogen (secondary N) is 3. The van der Waals surface area contributed by atoms with E-state index in [1.54, 1.807) is 24.3 Å². The molecule has 1 saturated heterocycles. The van der Waals surface area contributed by atoms with Crippen molar-refractivity contribution in [3.8, 4) is 0 Å². The number of aromatic amines is 1. The number of nitrogens with zero attached hydrogens (tertiary/aromatic N) is 4. The molecule has 5 rings (SSSR count). The van der Waals surface area contributed by atoms with Crippen LogP contribution in [-0.2, 0) is 20.5 Å². The molecule has 0 radical (unpaired) electrons. The van der Waals surface area contributed by atoms with Gasteiger partial charge < -0.3 is 20.3 Å². The molecule has 4 aromatic rings. The molecular weight excluding hydrogens is 492 g/mol. The van der Waals surface area contributed by atoms with Crippen molar-refractivity contribution in [1.29, 1.82) is 0 Å². The van der Waals surface area contributed by atoms with Crippen molar-refractivity contribution in [2.24, 2.45) is 5.14 Å². The number of sulfonamides is 1. The number of hydrogen-bond donors (Lipinski definition) is 4. The first-order valence-corrected chi connectivity index (χ1v) is 12.9. The lowest BCUT2D eigenvalue weighted by Crippen LogP contribution is -2.36. The normalized spacial score (nSPS) is 14.3. The maximum Gasteiger partial charge on any atom is 0.229 e. The largest absolute Gasteiger partial charge is 0.378 e. The first kappa shape index (κ1) is 23.3. The molecule has 1 fully saturated rings. The first-order valence-electron chi connectivity index (χ1n) is 10.8. The Labute approximate surface area is 206 Å². The van der Waals surface area contributed by atoms with Crippen LogP contribution in [0.3, 0.4) is 0 Å². The zero-order valence-electron chi connectivity index (χ0n) is 18.5. The number of hydrogen-bond acceptors (Lipinski definition) is 9. The van der Waals surface area contributed by atoms with Gasteiger partial charge in [0.05, 0.1) is 30.7 Å². The number of para-hydroxylation sites is 1. The van der Waals surface area contributed by atoms with Crippen molar-refractivity contribution in [3.05, 3.63) is 59.2 Å². The van der Waals surface area contributed by atoms with Crippen molar-refractivity contribution in [2.45, 2.75) is 5.75 Å². The Morgan fingerprint density at radius 1 is 1.14 bits per heavy atom. The van der Waals surface area contributed by atoms with Crippen molar-refractivity contribution in [2.75, 3.05) is 41.8 Å². The smallest absolute Gasteiger partial charge is 0.229 e. The van der Waals surface area contributed by atoms with Crippen molar-refractivity contribution in [3.63, 3.8) is 0 Å². The predicted octanol–water partition coefficient (Wildman–Crippen LogP) is 3.12. The Morgan fingerprint density at radius 2 is 1.94 bits per heavy atom. The maximum atomic E-state index is 11.6. The van der Waals surface area contributed by atoms with Gasteiger partial charge in [0.15, 0.2) is 11.6 Å². The molecular formula is C22H23ClN8O3S. The molecule has 5 N–H and O–H groups in total. The molecule has 11 nitrogen and oxygen atoms in total. The van der Waals surface area contributed by atoms with Crippen LogP contribution in [0.25, 0.3) is 10.9 Å². The predicted molar refractivity (Wildman–Crippen MR) is 136 cm³/mol. The van der Waals surface area contributed by atoms with Crippen LogP contribution in [0.4, 0.5) is 29.0 Å². The third-order valence-corrected chi connectivity index (χ3v) is 6.47. The number of rotatable bonds is 7. The maximum absolute atomic E-state index is 11.6. The van der Waals surface area contributed by atoms with Gasteiger partial charge in [-0.2, -0.15) is 10.1 Å². The molecule has 0 atom stereocenters. The number of ether oxygens (including phenoxy) is 1. The average Bonchev–Trinajstić information content (AvgIpc) is 3.25. The quantitative estimate of drug-likeness (QED) is 0.291. The minimum Gasteiger partial charge on any atom is -0.378 e. The van der Waals surface area contributed by atoms with Gasteiger partial charge in [0.25, 0.3) is 0 Å². The Kier molecular flexibility index (Phi) is 6.43. The van der Waals surface area contributed by atoms with Gasteiger partial charge in [-0.15, -0.1) is 0 Å². The van der Waals surface area contributed by atoms with E-state index in [2.05, 4.69) is 35.7 Å². The van der Waals surface area contributed by atoms with Crippen LogP contribution >= 0.6 is 11.6 Å². The Hall–Kier alpha value is -3.45. The Morgan fingerprint density at radius 3 is 2.74 bits per heavy atom. The molecule has 0 bridgehead atoms. The summed E-state index contributed by atoms with van der Waals surface area (Å²) in [5.41, 5.74) is 2.67. The molecule has 2 aromatic carbocycles. The molecule has 0 amide bonds. The highest BCUT2D eigenvalue weighted by molar-refractivity contribution is 7.88. The van der Waals surface area contributed by atoms with Gasteiger partial charge in [-0.3, -0.25) is 5.10 Å². The van der Waals surface area contributed by atoms with Crippen LogP contribution in [-0.4, -0.2) is 54.9 Å². The van der Waals surface area contributed by atoms with Crippen LogP contribution in [0.15, 0.2) is 48.7 Å². The van der Waals surface area contributed by atoms with Gasteiger partial charge in [-0.25, -0.2) is 18.5 Å². The van der Waals surface area contributed by atoms with E-state index in [-0.39, 0.29) is 10.8 Å². The summed E-state index contributed by atoms with van der Waals surface area (Å²) in [5, 5.41) is 20.3. The summed E-state index contributed by atoms with van der Waals surface area (Å²) in [7, 11) is -3.71. The highest BCUT2D eigenvalue weighted by Gasteiger charge is 2.17. The van der Waals surface area contributed by atoms with E-state index < -0.39 is 10.0 Å². The molecule has 3 heterocycles. The number of fused-ring (bicyclic) bond motifs is 1. The fraction of sp³-hybridized carbons (Fsp3) is 0.227. The van der Waals surface area contributed by atoms with Crippen molar-refractivity contribution >= 4 is 61.5 Å². The standard InChI is InChI=1S/C22H23ClN8O3S/c23-17-12-25-22(28-20(17)27-18-4-2-1-3-14(18)13-35(24,32)33)26-15-5-6-16-19(11-15)29-30-21(16)31-7-9-34-10-8-31/h1-6,11-12H,7-10,13H2,(H,29,30)(H2,24,32,33)(H2,25,26,27,28). The molecule has 0 aliphatic carbocycles. The second kappa shape index (κ2) is 9.66. The molecule has 13 heteroatoms. The number of halogens is 1. The lowest BCUT2D eigenvalue weighted by Gasteiger charge is -2.26. The van der Waals surface area contributed by atoms with Gasteiger partial charge in [0, 0.05) is 29.9 Å². The fourth-order valence-corrected chi connectivity index (χ4v) is 4.68. The fourth-order valence-electron chi connectivity index (χ4n) is 3.86. The van der Waals surface area contributed by atoms with Gasteiger partial charge >= 0.3 is 0 Å². The van der Waals surface area contributed by atoms with Gasteiger partial charge in [-0.05, 0) is 29.8 Å². The minimum absolute atomic E-state index is 0.278. The van der Waals surface area contributed by atoms with Crippen LogP contribution in [0.1, 0.15) is 5.56 Å². The summed E-state index contributed by atoms with van der Waals surface area (Å²) >= 11 is 6.30. The zero-order valence-corrected chi connectivity index (χ0v) is 20.1. The summed E-state index contributed by atoms with van der Waals surface area (Å²) in [6.07, 6.45) is 1.47. The highest BCUT2D eigenvalue weighted by atomic mass is 35.5. The second-order valence-electron chi connectivity index (χ2n) is 8.01. The van der Waals surface area contributed by atoms with E-state index in [1.807, 2.05) is 18.2 Å². The van der Waals surface area contributed by atoms with Crippen molar-refractivity contribution in [1.82, 2.24) is 20.2 Å². The number of anilines is 5. The number of nitrogens with two attached hydrogens (primary N) is 1. The molecule has 1 aliphatic rings. The average molecular weight is 515 g/mol. The molecule has 2 aromatic heterocycles. The zero-order chi connectivity index (χ0) is 24.4. The van der Waals surface area contributed by atoms with Crippen LogP contribution in [0.2, 0.25) is 5.02 Å². The second-order valence-corrected chi connectivity index (χ2v) is 10.0. The van der Waals surface area contributed by atoms with Gasteiger partial charge in [0.2, 0.25) is 16.0 Å². The van der Waals surface area contributed by atoms with Crippen LogP contribution in [0, 0.1) is 0 Å². The van der Waals surface area contributed by atoms with E-state index in [0.717, 1.165) is 35.5 Å². The van der Waals surface area contributed by atoms with E-state index in [4.69, 9.17) is 21.5 Å².